The zero-order valence-electron chi connectivity index (χ0n) is 8.78. The molecule has 0 aliphatic heterocycles. The summed E-state index contributed by atoms with van der Waals surface area (Å²) < 4.78 is 14.4. The molecule has 4 nitrogen and oxygen atoms in total. The summed E-state index contributed by atoms with van der Waals surface area (Å²) in [6.45, 7) is 0. The molecule has 0 aliphatic carbocycles. The Morgan fingerprint density at radius 2 is 2.11 bits per heavy atom. The van der Waals surface area contributed by atoms with Crippen molar-refractivity contribution < 1.29 is 4.39 Å². The smallest absolute Gasteiger partial charge is 0.223 e. The molecule has 7 heteroatoms. The molecule has 0 fully saturated rings. The van der Waals surface area contributed by atoms with Crippen molar-refractivity contribution in [3.05, 3.63) is 40.4 Å². The van der Waals surface area contributed by atoms with Gasteiger partial charge >= 0.3 is 0 Å². The van der Waals surface area contributed by atoms with Crippen LogP contribution >= 0.6 is 27.5 Å². The van der Waals surface area contributed by atoms with Gasteiger partial charge in [0.2, 0.25) is 5.28 Å². The van der Waals surface area contributed by atoms with Crippen LogP contribution in [-0.4, -0.2) is 19.9 Å². The van der Waals surface area contributed by atoms with Gasteiger partial charge in [-0.2, -0.15) is 0 Å². The summed E-state index contributed by atoms with van der Waals surface area (Å²) in [6.07, 6.45) is 4.36. The van der Waals surface area contributed by atoms with Crippen molar-refractivity contribution in [3.8, 4) is 11.3 Å². The van der Waals surface area contributed by atoms with Crippen LogP contribution in [0, 0.1) is 5.82 Å². The fourth-order valence-electron chi connectivity index (χ4n) is 1.72. The second kappa shape index (κ2) is 4.29. The molecule has 0 spiro atoms. The van der Waals surface area contributed by atoms with E-state index >= 15 is 0 Å². The van der Waals surface area contributed by atoms with Crippen LogP contribution in [-0.2, 0) is 0 Å². The number of nitrogens with one attached hydrogen (secondary N) is 1. The van der Waals surface area contributed by atoms with Crippen molar-refractivity contribution in [2.45, 2.75) is 0 Å². The lowest BCUT2D eigenvalue weighted by molar-refractivity contribution is 0.618. The summed E-state index contributed by atoms with van der Waals surface area (Å²) >= 11 is 8.96. The average Bonchev–Trinajstić information content (AvgIpc) is 2.75. The molecule has 0 bridgehead atoms. The number of aromatic amines is 1. The maximum Gasteiger partial charge on any atom is 0.223 e. The third kappa shape index (κ3) is 1.87. The van der Waals surface area contributed by atoms with Crippen LogP contribution in [0.25, 0.3) is 22.2 Å². The molecular weight excluding hydrogens is 323 g/mol. The van der Waals surface area contributed by atoms with Gasteiger partial charge in [-0.25, -0.2) is 19.3 Å². The maximum atomic E-state index is 13.7. The molecule has 0 saturated carbocycles. The number of hydrogen-bond donors (Lipinski definition) is 1. The SMILES string of the molecule is Fc1cnc(Cl)nc1-c1c[nH]c2cc(Br)ncc12. The Kier molecular flexibility index (Phi) is 2.76. The van der Waals surface area contributed by atoms with E-state index in [0.29, 0.717) is 10.2 Å². The second-order valence-electron chi connectivity index (χ2n) is 3.59. The molecule has 0 aromatic carbocycles. The van der Waals surface area contributed by atoms with E-state index in [1.165, 1.54) is 0 Å². The first-order chi connectivity index (χ1) is 8.65. The van der Waals surface area contributed by atoms with E-state index in [1.54, 1.807) is 18.5 Å². The Balaban J connectivity index is 2.28. The highest BCUT2D eigenvalue weighted by Crippen LogP contribution is 2.29. The Morgan fingerprint density at radius 3 is 2.94 bits per heavy atom. The Bertz CT molecular complexity index is 743. The van der Waals surface area contributed by atoms with Gasteiger partial charge in [-0.05, 0) is 33.6 Å². The van der Waals surface area contributed by atoms with Gasteiger partial charge < -0.3 is 4.98 Å². The molecule has 90 valence electrons. The zero-order valence-corrected chi connectivity index (χ0v) is 11.1. The van der Waals surface area contributed by atoms with Crippen LogP contribution in [0.15, 0.2) is 29.3 Å². The first-order valence-corrected chi connectivity index (χ1v) is 6.13. The van der Waals surface area contributed by atoms with Crippen molar-refractivity contribution in [2.24, 2.45) is 0 Å². The second-order valence-corrected chi connectivity index (χ2v) is 4.74. The fourth-order valence-corrected chi connectivity index (χ4v) is 2.19. The molecule has 3 aromatic heterocycles. The Morgan fingerprint density at radius 1 is 1.28 bits per heavy atom. The van der Waals surface area contributed by atoms with Crippen molar-refractivity contribution in [2.75, 3.05) is 0 Å². The van der Waals surface area contributed by atoms with Crippen LogP contribution in [0.1, 0.15) is 0 Å². The summed E-state index contributed by atoms with van der Waals surface area (Å²) in [5.74, 6) is -0.525. The highest BCUT2D eigenvalue weighted by Gasteiger charge is 2.13. The van der Waals surface area contributed by atoms with E-state index in [0.717, 1.165) is 17.1 Å². The van der Waals surface area contributed by atoms with Crippen molar-refractivity contribution in [1.29, 1.82) is 0 Å². The number of nitrogens with zero attached hydrogens (tertiary/aromatic N) is 3. The molecule has 0 aliphatic rings. The van der Waals surface area contributed by atoms with E-state index in [9.17, 15) is 4.39 Å². The molecular formula is C11H5BrClFN4. The number of aromatic nitrogens is 4. The molecule has 0 atom stereocenters. The summed E-state index contributed by atoms with van der Waals surface area (Å²) in [7, 11) is 0. The van der Waals surface area contributed by atoms with Crippen molar-refractivity contribution in [3.63, 3.8) is 0 Å². The van der Waals surface area contributed by atoms with Crippen LogP contribution in [0.4, 0.5) is 4.39 Å². The maximum absolute atomic E-state index is 13.7. The minimum absolute atomic E-state index is 0.00539. The Labute approximate surface area is 114 Å². The number of H-pyrrole nitrogens is 1. The molecule has 3 aromatic rings. The molecule has 1 N–H and O–H groups in total. The first-order valence-electron chi connectivity index (χ1n) is 4.96. The van der Waals surface area contributed by atoms with Crippen molar-refractivity contribution >= 4 is 38.4 Å². The highest BCUT2D eigenvalue weighted by molar-refractivity contribution is 9.10. The molecule has 0 amide bonds. The van der Waals surface area contributed by atoms with Gasteiger partial charge in [0.1, 0.15) is 10.3 Å². The average molecular weight is 328 g/mol. The molecule has 0 unspecified atom stereocenters. The zero-order chi connectivity index (χ0) is 12.7. The quantitative estimate of drug-likeness (QED) is 0.549. The molecule has 3 heterocycles. The number of hydrogen-bond acceptors (Lipinski definition) is 3. The third-order valence-electron chi connectivity index (χ3n) is 2.50. The fraction of sp³-hybridized carbons (Fsp3) is 0. The van der Waals surface area contributed by atoms with E-state index < -0.39 is 5.82 Å². The largest absolute Gasteiger partial charge is 0.360 e. The molecule has 0 radical (unpaired) electrons. The van der Waals surface area contributed by atoms with Gasteiger partial charge in [0.05, 0.1) is 11.7 Å². The minimum atomic E-state index is -0.525. The summed E-state index contributed by atoms with van der Waals surface area (Å²) in [4.78, 5) is 14.6. The van der Waals surface area contributed by atoms with Crippen molar-refractivity contribution in [1.82, 2.24) is 19.9 Å². The highest BCUT2D eigenvalue weighted by atomic mass is 79.9. The number of halogens is 3. The van der Waals surface area contributed by atoms with E-state index in [4.69, 9.17) is 11.6 Å². The molecule has 18 heavy (non-hydrogen) atoms. The van der Waals surface area contributed by atoms with E-state index in [-0.39, 0.29) is 11.0 Å². The van der Waals surface area contributed by atoms with E-state index in [1.807, 2.05) is 0 Å². The van der Waals surface area contributed by atoms with Gasteiger partial charge in [0, 0.05) is 23.3 Å². The lowest BCUT2D eigenvalue weighted by Gasteiger charge is -2.00. The van der Waals surface area contributed by atoms with Gasteiger partial charge in [0.15, 0.2) is 5.82 Å². The summed E-state index contributed by atoms with van der Waals surface area (Å²) in [6, 6.07) is 1.81. The molecule has 0 saturated heterocycles. The third-order valence-corrected chi connectivity index (χ3v) is 3.12. The number of rotatable bonds is 1. The van der Waals surface area contributed by atoms with Gasteiger partial charge in [-0.3, -0.25) is 0 Å². The Hall–Kier alpha value is -1.53. The van der Waals surface area contributed by atoms with Crippen LogP contribution in [0.2, 0.25) is 5.28 Å². The van der Waals surface area contributed by atoms with Crippen LogP contribution in [0.3, 0.4) is 0 Å². The summed E-state index contributed by atoms with van der Waals surface area (Å²) in [5.41, 5.74) is 1.60. The van der Waals surface area contributed by atoms with Gasteiger partial charge in [-0.15, -0.1) is 0 Å². The predicted octanol–water partition coefficient (Wildman–Crippen LogP) is 3.57. The van der Waals surface area contributed by atoms with Crippen LogP contribution in [0.5, 0.6) is 0 Å². The molecule has 3 rings (SSSR count). The van der Waals surface area contributed by atoms with Crippen LogP contribution < -0.4 is 0 Å². The van der Waals surface area contributed by atoms with E-state index in [2.05, 4.69) is 35.9 Å². The summed E-state index contributed by atoms with van der Waals surface area (Å²) in [5, 5.41) is 0.776. The monoisotopic (exact) mass is 326 g/mol. The normalized spacial score (nSPS) is 11.1. The lowest BCUT2D eigenvalue weighted by atomic mass is 10.1. The minimum Gasteiger partial charge on any atom is -0.360 e. The topological polar surface area (TPSA) is 54.5 Å². The van der Waals surface area contributed by atoms with Gasteiger partial charge in [-0.1, -0.05) is 0 Å². The number of fused-ring (bicyclic) bond motifs is 1. The van der Waals surface area contributed by atoms with Gasteiger partial charge in [0.25, 0.3) is 0 Å². The number of pyridine rings is 1. The standard InChI is InChI=1S/C11H5BrClFN4/c12-9-1-8-5(2-16-9)6(3-15-8)10-7(14)4-17-11(13)18-10/h1-4,15H. The predicted molar refractivity (Wildman–Crippen MR) is 69.8 cm³/mol. The lowest BCUT2D eigenvalue weighted by Crippen LogP contribution is -1.91. The first kappa shape index (κ1) is 11.6.